The fourth-order valence-corrected chi connectivity index (χ4v) is 3.68. The lowest BCUT2D eigenvalue weighted by atomic mass is 10.1. The number of rotatable bonds is 5. The second kappa shape index (κ2) is 7.37. The highest BCUT2D eigenvalue weighted by molar-refractivity contribution is 7.16. The second-order valence-corrected chi connectivity index (χ2v) is 7.08. The van der Waals surface area contributed by atoms with Crippen molar-refractivity contribution >= 4 is 39.1 Å². The number of amides is 1. The van der Waals surface area contributed by atoms with E-state index in [0.717, 1.165) is 11.1 Å². The number of fused-ring (bicyclic) bond motifs is 1. The van der Waals surface area contributed by atoms with Crippen LogP contribution in [0.15, 0.2) is 38.9 Å². The van der Waals surface area contributed by atoms with Gasteiger partial charge in [-0.25, -0.2) is 9.78 Å². The first-order valence-corrected chi connectivity index (χ1v) is 9.13. The smallest absolute Gasteiger partial charge is 0.348 e. The summed E-state index contributed by atoms with van der Waals surface area (Å²) in [5.74, 6) is 0.0600. The summed E-state index contributed by atoms with van der Waals surface area (Å²) < 4.78 is 5.28. The molecule has 2 heterocycles. The highest BCUT2D eigenvalue weighted by Crippen LogP contribution is 2.22. The SMILES string of the molecule is Cc1csc2nc([C@H](C)NC(=O)CCc3ccccc3Cl)oc(=O)c12. The average Bonchev–Trinajstić information content (AvgIpc) is 2.95. The molecule has 1 N–H and O–H groups in total. The highest BCUT2D eigenvalue weighted by atomic mass is 35.5. The number of hydrogen-bond acceptors (Lipinski definition) is 5. The van der Waals surface area contributed by atoms with Crippen molar-refractivity contribution in [1.29, 1.82) is 0 Å². The van der Waals surface area contributed by atoms with Crippen molar-refractivity contribution in [2.75, 3.05) is 0 Å². The summed E-state index contributed by atoms with van der Waals surface area (Å²) in [7, 11) is 0. The molecule has 0 bridgehead atoms. The molecule has 3 aromatic rings. The van der Waals surface area contributed by atoms with Crippen LogP contribution in [0.25, 0.3) is 10.2 Å². The Morgan fingerprint density at radius 1 is 1.40 bits per heavy atom. The Morgan fingerprint density at radius 3 is 2.92 bits per heavy atom. The number of thiophene rings is 1. The van der Waals surface area contributed by atoms with Crippen LogP contribution in [0.5, 0.6) is 0 Å². The number of carbonyl (C=O) groups excluding carboxylic acids is 1. The van der Waals surface area contributed by atoms with Gasteiger partial charge in [-0.15, -0.1) is 11.3 Å². The molecule has 5 nitrogen and oxygen atoms in total. The molecule has 130 valence electrons. The van der Waals surface area contributed by atoms with Gasteiger partial charge in [-0.05, 0) is 42.8 Å². The third-order valence-corrected chi connectivity index (χ3v) is 5.25. The Morgan fingerprint density at radius 2 is 2.16 bits per heavy atom. The summed E-state index contributed by atoms with van der Waals surface area (Å²) in [5.41, 5.74) is 1.35. The number of benzene rings is 1. The number of aromatic nitrogens is 1. The molecular formula is C18H17ClN2O3S. The number of aryl methyl sites for hydroxylation is 2. The van der Waals surface area contributed by atoms with E-state index in [1.54, 1.807) is 13.0 Å². The molecule has 7 heteroatoms. The van der Waals surface area contributed by atoms with Crippen LogP contribution < -0.4 is 10.9 Å². The van der Waals surface area contributed by atoms with Crippen molar-refractivity contribution in [3.05, 3.63) is 62.1 Å². The first-order valence-electron chi connectivity index (χ1n) is 7.87. The molecule has 1 atom stereocenters. The zero-order chi connectivity index (χ0) is 18.0. The predicted molar refractivity (Wildman–Crippen MR) is 99.2 cm³/mol. The molecule has 0 aliphatic heterocycles. The van der Waals surface area contributed by atoms with Gasteiger partial charge in [0.1, 0.15) is 10.9 Å². The Labute approximate surface area is 153 Å². The van der Waals surface area contributed by atoms with Gasteiger partial charge in [-0.2, -0.15) is 0 Å². The van der Waals surface area contributed by atoms with E-state index in [4.69, 9.17) is 16.0 Å². The molecule has 0 spiro atoms. The normalized spacial score (nSPS) is 12.3. The molecule has 1 amide bonds. The molecule has 25 heavy (non-hydrogen) atoms. The molecule has 3 rings (SSSR count). The molecular weight excluding hydrogens is 360 g/mol. The minimum absolute atomic E-state index is 0.153. The van der Waals surface area contributed by atoms with Gasteiger partial charge in [0, 0.05) is 11.4 Å². The van der Waals surface area contributed by atoms with E-state index in [0.29, 0.717) is 28.1 Å². The van der Waals surface area contributed by atoms with Crippen LogP contribution in [0.3, 0.4) is 0 Å². The van der Waals surface area contributed by atoms with Gasteiger partial charge in [0.2, 0.25) is 11.8 Å². The summed E-state index contributed by atoms with van der Waals surface area (Å²) in [6.45, 7) is 3.59. The Kier molecular flexibility index (Phi) is 5.20. The van der Waals surface area contributed by atoms with Crippen molar-refractivity contribution in [2.24, 2.45) is 0 Å². The summed E-state index contributed by atoms with van der Waals surface area (Å²) in [4.78, 5) is 29.2. The molecule has 0 fully saturated rings. The summed E-state index contributed by atoms with van der Waals surface area (Å²) in [6.07, 6.45) is 0.831. The van der Waals surface area contributed by atoms with E-state index in [-0.39, 0.29) is 11.8 Å². The molecule has 0 radical (unpaired) electrons. The Bertz CT molecular complexity index is 980. The first-order chi connectivity index (χ1) is 12.0. The van der Waals surface area contributed by atoms with Crippen molar-refractivity contribution in [1.82, 2.24) is 10.3 Å². The Hall–Kier alpha value is -2.18. The number of halogens is 1. The van der Waals surface area contributed by atoms with E-state index < -0.39 is 11.7 Å². The largest absolute Gasteiger partial charge is 0.406 e. The molecule has 0 aliphatic carbocycles. The van der Waals surface area contributed by atoms with Gasteiger partial charge in [0.15, 0.2) is 0 Å². The predicted octanol–water partition coefficient (Wildman–Crippen LogP) is 4.02. The third-order valence-electron chi connectivity index (χ3n) is 3.90. The second-order valence-electron chi connectivity index (χ2n) is 5.82. The van der Waals surface area contributed by atoms with Crippen LogP contribution in [0.1, 0.15) is 36.4 Å². The number of carbonyl (C=O) groups is 1. The lowest BCUT2D eigenvalue weighted by Crippen LogP contribution is -2.28. The third kappa shape index (κ3) is 3.91. The summed E-state index contributed by atoms with van der Waals surface area (Å²) >= 11 is 7.48. The van der Waals surface area contributed by atoms with Gasteiger partial charge >= 0.3 is 5.63 Å². The summed E-state index contributed by atoms with van der Waals surface area (Å²) in [5, 5.41) is 5.83. The van der Waals surface area contributed by atoms with Gasteiger partial charge in [0.25, 0.3) is 0 Å². The zero-order valence-corrected chi connectivity index (χ0v) is 15.4. The highest BCUT2D eigenvalue weighted by Gasteiger charge is 2.17. The van der Waals surface area contributed by atoms with Crippen LogP contribution in [0, 0.1) is 6.92 Å². The van der Waals surface area contributed by atoms with E-state index in [1.807, 2.05) is 30.5 Å². The van der Waals surface area contributed by atoms with E-state index in [1.165, 1.54) is 11.3 Å². The first kappa shape index (κ1) is 17.6. The molecule has 2 aromatic heterocycles. The van der Waals surface area contributed by atoms with Crippen LogP contribution >= 0.6 is 22.9 Å². The topological polar surface area (TPSA) is 72.2 Å². The number of nitrogens with zero attached hydrogens (tertiary/aromatic N) is 1. The molecule has 0 saturated carbocycles. The lowest BCUT2D eigenvalue weighted by molar-refractivity contribution is -0.121. The van der Waals surface area contributed by atoms with Crippen molar-refractivity contribution in [3.8, 4) is 0 Å². The lowest BCUT2D eigenvalue weighted by Gasteiger charge is -2.12. The standard InChI is InChI=1S/C18H17ClN2O3S/c1-10-9-25-17-15(10)18(23)24-16(21-17)11(2)20-14(22)8-7-12-5-3-4-6-13(12)19/h3-6,9,11H,7-8H2,1-2H3,(H,20,22)/t11-/m0/s1. The number of hydrogen-bond donors (Lipinski definition) is 1. The van der Waals surface area contributed by atoms with Crippen molar-refractivity contribution in [2.45, 2.75) is 32.7 Å². The maximum atomic E-state index is 12.2. The van der Waals surface area contributed by atoms with Gasteiger partial charge in [0.05, 0.1) is 5.39 Å². The molecule has 0 unspecified atom stereocenters. The van der Waals surface area contributed by atoms with Crippen LogP contribution in [-0.2, 0) is 11.2 Å². The summed E-state index contributed by atoms with van der Waals surface area (Å²) in [6, 6.07) is 6.95. The van der Waals surface area contributed by atoms with Gasteiger partial charge in [-0.1, -0.05) is 29.8 Å². The van der Waals surface area contributed by atoms with Crippen molar-refractivity contribution in [3.63, 3.8) is 0 Å². The zero-order valence-electron chi connectivity index (χ0n) is 13.8. The fraction of sp³-hybridized carbons (Fsp3) is 0.278. The maximum absolute atomic E-state index is 12.2. The minimum atomic E-state index is -0.488. The molecule has 0 saturated heterocycles. The van der Waals surface area contributed by atoms with Gasteiger partial charge in [-0.3, -0.25) is 4.79 Å². The van der Waals surface area contributed by atoms with E-state index in [9.17, 15) is 9.59 Å². The minimum Gasteiger partial charge on any atom is -0.406 e. The monoisotopic (exact) mass is 376 g/mol. The van der Waals surface area contributed by atoms with Crippen LogP contribution in [-0.4, -0.2) is 10.9 Å². The van der Waals surface area contributed by atoms with Crippen molar-refractivity contribution < 1.29 is 9.21 Å². The quantitative estimate of drug-likeness (QED) is 0.729. The molecule has 0 aliphatic rings. The van der Waals surface area contributed by atoms with Crippen LogP contribution in [0.4, 0.5) is 0 Å². The fourth-order valence-electron chi connectivity index (χ4n) is 2.54. The number of nitrogens with one attached hydrogen (secondary N) is 1. The van der Waals surface area contributed by atoms with Gasteiger partial charge < -0.3 is 9.73 Å². The van der Waals surface area contributed by atoms with Crippen LogP contribution in [0.2, 0.25) is 5.02 Å². The Balaban J connectivity index is 1.67. The maximum Gasteiger partial charge on any atom is 0.348 e. The molecule has 1 aromatic carbocycles. The van der Waals surface area contributed by atoms with E-state index >= 15 is 0 Å². The van der Waals surface area contributed by atoms with E-state index in [2.05, 4.69) is 10.3 Å². The average molecular weight is 377 g/mol.